The molecule has 70 valence electrons. The molecule has 0 heterocycles. The number of hydrogen-bond acceptors (Lipinski definition) is 2. The van der Waals surface area contributed by atoms with E-state index < -0.39 is 0 Å². The minimum absolute atomic E-state index is 0.302. The van der Waals surface area contributed by atoms with Crippen molar-refractivity contribution in [1.82, 2.24) is 0 Å². The maximum Gasteiger partial charge on any atom is 0.118 e. The van der Waals surface area contributed by atoms with Crippen molar-refractivity contribution in [2.24, 2.45) is 5.73 Å². The summed E-state index contributed by atoms with van der Waals surface area (Å²) in [6, 6.07) is 4.07. The molecule has 1 atom stereocenters. The van der Waals surface area contributed by atoms with Crippen molar-refractivity contribution in [3.8, 4) is 5.75 Å². The number of phenolic OH excluding ortho intramolecular Hbond substituents is 1. The van der Waals surface area contributed by atoms with Crippen molar-refractivity contribution < 1.29 is 5.11 Å². The Morgan fingerprint density at radius 1 is 1.46 bits per heavy atom. The van der Waals surface area contributed by atoms with E-state index in [-0.39, 0.29) is 0 Å². The minimum Gasteiger partial charge on any atom is -0.508 e. The monoisotopic (exact) mass is 177 g/mol. The van der Waals surface area contributed by atoms with Gasteiger partial charge in [-0.3, -0.25) is 0 Å². The van der Waals surface area contributed by atoms with Crippen LogP contribution in [0.3, 0.4) is 0 Å². The summed E-state index contributed by atoms with van der Waals surface area (Å²) >= 11 is 0. The fraction of sp³-hybridized carbons (Fsp3) is 0.455. The Balaban J connectivity index is 2.47. The van der Waals surface area contributed by atoms with Crippen molar-refractivity contribution in [2.45, 2.75) is 32.2 Å². The normalized spacial score (nSPS) is 21.2. The largest absolute Gasteiger partial charge is 0.508 e. The maximum atomic E-state index is 9.51. The zero-order valence-electron chi connectivity index (χ0n) is 7.88. The van der Waals surface area contributed by atoms with Crippen LogP contribution in [0, 0.1) is 6.92 Å². The Morgan fingerprint density at radius 2 is 2.23 bits per heavy atom. The second-order valence-corrected chi connectivity index (χ2v) is 3.85. The van der Waals surface area contributed by atoms with E-state index in [2.05, 4.69) is 0 Å². The fourth-order valence-corrected chi connectivity index (χ4v) is 2.05. The van der Waals surface area contributed by atoms with E-state index in [0.29, 0.717) is 11.8 Å². The van der Waals surface area contributed by atoms with Gasteiger partial charge in [0.15, 0.2) is 0 Å². The average Bonchev–Trinajstić information content (AvgIpc) is 2.12. The van der Waals surface area contributed by atoms with Gasteiger partial charge in [0, 0.05) is 6.04 Å². The lowest BCUT2D eigenvalue weighted by Crippen LogP contribution is -2.28. The van der Waals surface area contributed by atoms with Crippen LogP contribution in [0.15, 0.2) is 12.1 Å². The van der Waals surface area contributed by atoms with Crippen LogP contribution < -0.4 is 5.73 Å². The molecule has 0 fully saturated rings. The number of hydrogen-bond donors (Lipinski definition) is 2. The highest BCUT2D eigenvalue weighted by atomic mass is 16.3. The van der Waals surface area contributed by atoms with Crippen molar-refractivity contribution in [1.29, 1.82) is 0 Å². The molecule has 1 unspecified atom stereocenters. The summed E-state index contributed by atoms with van der Waals surface area (Å²) in [4.78, 5) is 0. The van der Waals surface area contributed by atoms with E-state index in [1.165, 1.54) is 11.1 Å². The topological polar surface area (TPSA) is 46.2 Å². The van der Waals surface area contributed by atoms with Crippen LogP contribution in [0.25, 0.3) is 0 Å². The van der Waals surface area contributed by atoms with Crippen molar-refractivity contribution in [3.05, 3.63) is 28.8 Å². The molecule has 1 aromatic carbocycles. The lowest BCUT2D eigenvalue weighted by atomic mass is 9.86. The van der Waals surface area contributed by atoms with Crippen molar-refractivity contribution in [3.63, 3.8) is 0 Å². The van der Waals surface area contributed by atoms with Crippen LogP contribution in [0.4, 0.5) is 0 Å². The summed E-state index contributed by atoms with van der Waals surface area (Å²) in [5.74, 6) is 0.411. The number of fused-ring (bicyclic) bond motifs is 1. The summed E-state index contributed by atoms with van der Waals surface area (Å²) in [5.41, 5.74) is 9.53. The summed E-state index contributed by atoms with van der Waals surface area (Å²) in [7, 11) is 0. The molecule has 0 aromatic heterocycles. The van der Waals surface area contributed by atoms with Gasteiger partial charge in [-0.05, 0) is 48.9 Å². The quantitative estimate of drug-likeness (QED) is 0.631. The summed E-state index contributed by atoms with van der Waals surface area (Å²) in [5, 5.41) is 9.51. The van der Waals surface area contributed by atoms with E-state index in [9.17, 15) is 5.11 Å². The Hall–Kier alpha value is -1.02. The molecule has 2 nitrogen and oxygen atoms in total. The van der Waals surface area contributed by atoms with Crippen molar-refractivity contribution >= 4 is 0 Å². The summed E-state index contributed by atoms with van der Waals surface area (Å²) in [6.07, 6.45) is 3.00. The first-order valence-corrected chi connectivity index (χ1v) is 4.74. The molecule has 0 saturated heterocycles. The number of phenols is 1. The number of nitrogens with two attached hydrogens (primary N) is 1. The highest BCUT2D eigenvalue weighted by Gasteiger charge is 2.17. The Morgan fingerprint density at radius 3 is 3.00 bits per heavy atom. The molecule has 0 radical (unpaired) electrons. The van der Waals surface area contributed by atoms with E-state index in [4.69, 9.17) is 5.73 Å². The van der Waals surface area contributed by atoms with E-state index in [1.54, 1.807) is 6.07 Å². The lowest BCUT2D eigenvalue weighted by molar-refractivity contribution is 0.467. The van der Waals surface area contributed by atoms with Gasteiger partial charge in [0.2, 0.25) is 0 Å². The summed E-state index contributed by atoms with van der Waals surface area (Å²) < 4.78 is 0. The Bertz CT molecular complexity index is 333. The molecule has 0 aliphatic heterocycles. The average molecular weight is 177 g/mol. The van der Waals surface area contributed by atoms with Crippen LogP contribution in [-0.4, -0.2) is 11.1 Å². The van der Waals surface area contributed by atoms with Gasteiger partial charge < -0.3 is 10.8 Å². The van der Waals surface area contributed by atoms with Crippen LogP contribution in [0.5, 0.6) is 5.75 Å². The third-order valence-electron chi connectivity index (χ3n) is 2.91. The van der Waals surface area contributed by atoms with Gasteiger partial charge in [-0.1, -0.05) is 6.07 Å². The van der Waals surface area contributed by atoms with Crippen LogP contribution in [0.2, 0.25) is 0 Å². The first-order valence-electron chi connectivity index (χ1n) is 4.74. The lowest BCUT2D eigenvalue weighted by Gasteiger charge is -2.23. The molecule has 2 rings (SSSR count). The Kier molecular flexibility index (Phi) is 2.00. The van der Waals surface area contributed by atoms with E-state index in [1.807, 2.05) is 13.0 Å². The van der Waals surface area contributed by atoms with Crippen molar-refractivity contribution in [2.75, 3.05) is 0 Å². The number of aromatic hydroxyl groups is 1. The molecule has 0 bridgehead atoms. The third-order valence-corrected chi connectivity index (χ3v) is 2.91. The van der Waals surface area contributed by atoms with Gasteiger partial charge in [0.1, 0.15) is 5.75 Å². The highest BCUT2D eigenvalue weighted by Crippen LogP contribution is 2.29. The predicted octanol–water partition coefficient (Wildman–Crippen LogP) is 1.52. The second-order valence-electron chi connectivity index (χ2n) is 3.85. The fourth-order valence-electron chi connectivity index (χ4n) is 2.05. The molecule has 3 N–H and O–H groups in total. The molecule has 0 amide bonds. The first-order chi connectivity index (χ1) is 6.18. The summed E-state index contributed by atoms with van der Waals surface area (Å²) in [6.45, 7) is 1.98. The molecular weight excluding hydrogens is 162 g/mol. The molecule has 1 aliphatic rings. The third kappa shape index (κ3) is 1.42. The van der Waals surface area contributed by atoms with Crippen LogP contribution >= 0.6 is 0 Å². The van der Waals surface area contributed by atoms with E-state index >= 15 is 0 Å². The standard InChI is InChI=1S/C11H15NO/c1-7-10-4-3-9(12)6-8(10)2-5-11(7)13/h2,5,9,13H,3-4,6,12H2,1H3. The molecule has 13 heavy (non-hydrogen) atoms. The van der Waals surface area contributed by atoms with Crippen LogP contribution in [-0.2, 0) is 12.8 Å². The number of benzene rings is 1. The van der Waals surface area contributed by atoms with Gasteiger partial charge in [-0.25, -0.2) is 0 Å². The molecule has 1 aromatic rings. The highest BCUT2D eigenvalue weighted by molar-refractivity contribution is 5.45. The molecule has 2 heteroatoms. The van der Waals surface area contributed by atoms with E-state index in [0.717, 1.165) is 24.8 Å². The van der Waals surface area contributed by atoms with Gasteiger partial charge >= 0.3 is 0 Å². The molecular formula is C11H15NO. The SMILES string of the molecule is Cc1c(O)ccc2c1CCC(N)C2. The zero-order valence-corrected chi connectivity index (χ0v) is 7.88. The minimum atomic E-state index is 0.302. The van der Waals surface area contributed by atoms with Crippen LogP contribution in [0.1, 0.15) is 23.1 Å². The van der Waals surface area contributed by atoms with Gasteiger partial charge in [0.05, 0.1) is 0 Å². The molecule has 0 spiro atoms. The van der Waals surface area contributed by atoms with Gasteiger partial charge in [-0.15, -0.1) is 0 Å². The number of rotatable bonds is 0. The molecule has 1 aliphatic carbocycles. The first kappa shape index (κ1) is 8.57. The second kappa shape index (κ2) is 3.04. The smallest absolute Gasteiger partial charge is 0.118 e. The van der Waals surface area contributed by atoms with Gasteiger partial charge in [-0.2, -0.15) is 0 Å². The molecule has 0 saturated carbocycles. The zero-order chi connectivity index (χ0) is 9.42. The predicted molar refractivity (Wildman–Crippen MR) is 52.8 cm³/mol. The Labute approximate surface area is 78.4 Å². The maximum absolute atomic E-state index is 9.51. The van der Waals surface area contributed by atoms with Gasteiger partial charge in [0.25, 0.3) is 0 Å².